The number of hydrogen-bond donors (Lipinski definition) is 4. The summed E-state index contributed by atoms with van der Waals surface area (Å²) in [4.78, 5) is 65.5. The van der Waals surface area contributed by atoms with Crippen LogP contribution in [0, 0.1) is 57.2 Å². The molecule has 5 N–H and O–H groups in total. The highest BCUT2D eigenvalue weighted by molar-refractivity contribution is 6.07. The standard InChI is InChI=1S/C45H70N4O8/c1-28(26-55-38(53)25-49-22-10-21-48-19-8-7-18-47-20-9-17-46)32-23-37(52)57-41(40(32)54)30(3)39-35(56-31(4)50)24-43(6)36-12-11-33-29(2)34(51)13-14-44(33)27-45(36,44)16-15-42(39,43)5/h13-14,23,28-30,33,35-36,39,41,47-49H,7-12,15-22,24-27,46H2,1-6H3/t28-,29-,30-,33-,35-,36-,39-,41+,42+,43-,44?,45-/m0/s1. The molecule has 12 nitrogen and oxygen atoms in total. The number of nitrogens with one attached hydrogen (secondary N) is 3. The topological polar surface area (TPSA) is 175 Å². The first kappa shape index (κ1) is 43.6. The molecule has 1 unspecified atom stereocenters. The van der Waals surface area contributed by atoms with Gasteiger partial charge < -0.3 is 35.9 Å². The lowest BCUT2D eigenvalue weighted by molar-refractivity contribution is -0.166. The van der Waals surface area contributed by atoms with Crippen LogP contribution in [0.15, 0.2) is 23.8 Å². The van der Waals surface area contributed by atoms with Crippen LogP contribution in [0.4, 0.5) is 0 Å². The number of fused-ring (bicyclic) bond motifs is 2. The molecule has 318 valence electrons. The molecular formula is C45H70N4O8. The van der Waals surface area contributed by atoms with Crippen molar-refractivity contribution in [1.82, 2.24) is 16.0 Å². The second-order valence-electron chi connectivity index (χ2n) is 19.0. The van der Waals surface area contributed by atoms with Gasteiger partial charge in [0.2, 0.25) is 0 Å². The average Bonchev–Trinajstić information content (AvgIpc) is 3.78. The fraction of sp³-hybridized carbons (Fsp3) is 0.800. The van der Waals surface area contributed by atoms with Crippen LogP contribution >= 0.6 is 0 Å². The third kappa shape index (κ3) is 8.18. The minimum absolute atomic E-state index is 0.0322. The summed E-state index contributed by atoms with van der Waals surface area (Å²) in [5.74, 6) is -1.75. The van der Waals surface area contributed by atoms with Crippen molar-refractivity contribution in [2.75, 3.05) is 52.4 Å². The molecule has 57 heavy (non-hydrogen) atoms. The van der Waals surface area contributed by atoms with Gasteiger partial charge in [0.1, 0.15) is 6.10 Å². The van der Waals surface area contributed by atoms with Gasteiger partial charge in [0, 0.05) is 42.2 Å². The molecule has 4 fully saturated rings. The van der Waals surface area contributed by atoms with E-state index in [0.29, 0.717) is 36.9 Å². The molecule has 1 aliphatic heterocycles. The highest BCUT2D eigenvalue weighted by atomic mass is 16.6. The first-order valence-corrected chi connectivity index (χ1v) is 22.0. The van der Waals surface area contributed by atoms with E-state index < -0.39 is 36.0 Å². The number of unbranched alkanes of at least 4 members (excludes halogenated alkanes) is 1. The smallest absolute Gasteiger partial charge is 0.331 e. The zero-order valence-electron chi connectivity index (χ0n) is 35.4. The molecular weight excluding hydrogens is 725 g/mol. The van der Waals surface area contributed by atoms with Gasteiger partial charge in [0.25, 0.3) is 0 Å². The van der Waals surface area contributed by atoms with Crippen molar-refractivity contribution < 1.29 is 38.2 Å². The molecule has 6 rings (SSSR count). The Balaban J connectivity index is 1.03. The van der Waals surface area contributed by atoms with Crippen molar-refractivity contribution in [1.29, 1.82) is 0 Å². The maximum Gasteiger partial charge on any atom is 0.331 e. The number of hydrogen-bond acceptors (Lipinski definition) is 12. The summed E-state index contributed by atoms with van der Waals surface area (Å²) >= 11 is 0. The second-order valence-corrected chi connectivity index (χ2v) is 19.0. The summed E-state index contributed by atoms with van der Waals surface area (Å²) in [6.07, 6.45) is 13.7. The molecule has 0 amide bonds. The SMILES string of the molecule is CC(=O)O[C@H]1C[C@@]2(C)[C@@H]3CC[C@H]4[C@H](C)C(=O)C=CC45C[C@@]35CC[C@]2(C)[C@H]1[C@H](C)[C@H]1OC(=O)C=C([C@@H](C)COC(=O)CNCCCNCCCCNCCCN)C1=O. The molecule has 6 aliphatic rings. The van der Waals surface area contributed by atoms with Gasteiger partial charge in [-0.15, -0.1) is 0 Å². The van der Waals surface area contributed by atoms with E-state index in [0.717, 1.165) is 84.0 Å². The average molecular weight is 795 g/mol. The normalized spacial score (nSPS) is 37.5. The van der Waals surface area contributed by atoms with E-state index >= 15 is 0 Å². The third-order valence-electron chi connectivity index (χ3n) is 16.0. The van der Waals surface area contributed by atoms with E-state index in [1.54, 1.807) is 6.92 Å². The van der Waals surface area contributed by atoms with Gasteiger partial charge in [-0.2, -0.15) is 0 Å². The molecule has 1 heterocycles. The van der Waals surface area contributed by atoms with Crippen molar-refractivity contribution in [2.45, 2.75) is 118 Å². The fourth-order valence-corrected chi connectivity index (χ4v) is 13.0. The van der Waals surface area contributed by atoms with E-state index in [1.165, 1.54) is 13.0 Å². The molecule has 0 saturated heterocycles. The highest BCUT2D eigenvalue weighted by Gasteiger charge is 2.82. The van der Waals surface area contributed by atoms with Crippen LogP contribution in [-0.2, 0) is 38.2 Å². The second kappa shape index (κ2) is 17.7. The predicted octanol–water partition coefficient (Wildman–Crippen LogP) is 4.45. The first-order chi connectivity index (χ1) is 27.2. The van der Waals surface area contributed by atoms with Crippen molar-refractivity contribution >= 4 is 29.5 Å². The minimum Gasteiger partial charge on any atom is -0.464 e. The number of allylic oxidation sites excluding steroid dienone is 2. The molecule has 0 aromatic carbocycles. The van der Waals surface area contributed by atoms with Crippen molar-refractivity contribution in [3.05, 3.63) is 23.8 Å². The lowest BCUT2D eigenvalue weighted by Gasteiger charge is -2.61. The van der Waals surface area contributed by atoms with Gasteiger partial charge >= 0.3 is 17.9 Å². The lowest BCUT2D eigenvalue weighted by Crippen LogP contribution is -2.56. The predicted molar refractivity (Wildman–Crippen MR) is 217 cm³/mol. The van der Waals surface area contributed by atoms with Crippen LogP contribution < -0.4 is 21.7 Å². The zero-order chi connectivity index (χ0) is 41.2. The van der Waals surface area contributed by atoms with Crippen LogP contribution in [0.3, 0.4) is 0 Å². The summed E-state index contributed by atoms with van der Waals surface area (Å²) in [6.45, 7) is 17.2. The third-order valence-corrected chi connectivity index (χ3v) is 16.0. The minimum atomic E-state index is -1.04. The quantitative estimate of drug-likeness (QED) is 0.0776. The fourth-order valence-electron chi connectivity index (χ4n) is 13.0. The van der Waals surface area contributed by atoms with E-state index in [-0.39, 0.29) is 64.2 Å². The molecule has 2 spiro atoms. The highest BCUT2D eigenvalue weighted by Crippen LogP contribution is 2.87. The molecule has 4 saturated carbocycles. The van der Waals surface area contributed by atoms with Crippen LogP contribution in [0.2, 0.25) is 0 Å². The van der Waals surface area contributed by atoms with Gasteiger partial charge in [0.05, 0.1) is 13.2 Å². The maximum atomic E-state index is 14.3. The molecule has 0 radical (unpaired) electrons. The lowest BCUT2D eigenvalue weighted by atomic mass is 9.43. The van der Waals surface area contributed by atoms with Crippen LogP contribution in [-0.4, -0.2) is 94.1 Å². The van der Waals surface area contributed by atoms with Crippen LogP contribution in [0.1, 0.15) is 106 Å². The van der Waals surface area contributed by atoms with E-state index in [9.17, 15) is 24.0 Å². The van der Waals surface area contributed by atoms with Crippen molar-refractivity contribution in [3.63, 3.8) is 0 Å². The number of carbonyl (C=O) groups is 5. The Kier molecular flexibility index (Phi) is 13.6. The summed E-state index contributed by atoms with van der Waals surface area (Å²) in [6, 6.07) is 0. The Morgan fingerprint density at radius 2 is 1.63 bits per heavy atom. The van der Waals surface area contributed by atoms with Gasteiger partial charge in [-0.05, 0) is 143 Å². The number of ether oxygens (including phenoxy) is 3. The Hall–Kier alpha value is -2.93. The van der Waals surface area contributed by atoms with Crippen LogP contribution in [0.5, 0.6) is 0 Å². The first-order valence-electron chi connectivity index (χ1n) is 22.0. The van der Waals surface area contributed by atoms with Gasteiger partial charge in [-0.25, -0.2) is 4.79 Å². The summed E-state index contributed by atoms with van der Waals surface area (Å²) in [5, 5.41) is 9.94. The number of Topliss-reactive ketones (excluding diaryl/α,β-unsaturated/α-hetero) is 1. The molecule has 12 atom stereocenters. The van der Waals surface area contributed by atoms with Gasteiger partial charge in [-0.3, -0.25) is 19.2 Å². The van der Waals surface area contributed by atoms with Crippen molar-refractivity contribution in [3.8, 4) is 0 Å². The number of carbonyl (C=O) groups excluding carboxylic acids is 5. The summed E-state index contributed by atoms with van der Waals surface area (Å²) in [7, 11) is 0. The number of nitrogens with two attached hydrogens (primary N) is 1. The Labute approximate surface area is 340 Å². The molecule has 0 bridgehead atoms. The summed E-state index contributed by atoms with van der Waals surface area (Å²) in [5.41, 5.74) is 5.50. The van der Waals surface area contributed by atoms with Crippen LogP contribution in [0.25, 0.3) is 0 Å². The number of esters is 3. The number of ketones is 2. The zero-order valence-corrected chi connectivity index (χ0v) is 35.4. The van der Waals surface area contributed by atoms with E-state index in [4.69, 9.17) is 19.9 Å². The Bertz CT molecular complexity index is 1600. The Morgan fingerprint density at radius 3 is 2.33 bits per heavy atom. The maximum absolute atomic E-state index is 14.3. The molecule has 12 heteroatoms. The Morgan fingerprint density at radius 1 is 0.947 bits per heavy atom. The molecule has 5 aliphatic carbocycles. The monoisotopic (exact) mass is 795 g/mol. The van der Waals surface area contributed by atoms with Gasteiger partial charge in [-0.1, -0.05) is 40.7 Å². The number of cyclic esters (lactones) is 1. The molecule has 0 aromatic heterocycles. The molecule has 0 aromatic rings. The van der Waals surface area contributed by atoms with E-state index in [2.05, 4.69) is 42.8 Å². The number of rotatable bonds is 20. The summed E-state index contributed by atoms with van der Waals surface area (Å²) < 4.78 is 17.6. The van der Waals surface area contributed by atoms with Gasteiger partial charge in [0.15, 0.2) is 17.7 Å². The largest absolute Gasteiger partial charge is 0.464 e. The van der Waals surface area contributed by atoms with Crippen molar-refractivity contribution in [2.24, 2.45) is 62.9 Å². The van der Waals surface area contributed by atoms with E-state index in [1.807, 2.05) is 13.0 Å².